The number of amides is 3. The van der Waals surface area contributed by atoms with Crippen molar-refractivity contribution in [2.45, 2.75) is 50.6 Å². The van der Waals surface area contributed by atoms with Crippen LogP contribution in [0.4, 0.5) is 0 Å². The highest BCUT2D eigenvalue weighted by Gasteiger charge is 2.40. The van der Waals surface area contributed by atoms with Crippen LogP contribution in [0.25, 0.3) is 0 Å². The maximum absolute atomic E-state index is 12.4. The zero-order chi connectivity index (χ0) is 18.6. The maximum Gasteiger partial charge on any atom is 0.253 e. The Balaban J connectivity index is 2.05. The highest BCUT2D eigenvalue weighted by Crippen LogP contribution is 2.28. The lowest BCUT2D eigenvalue weighted by atomic mass is 9.81. The predicted molar refractivity (Wildman–Crippen MR) is 96.5 cm³/mol. The van der Waals surface area contributed by atoms with Crippen molar-refractivity contribution in [2.75, 3.05) is 0 Å². The number of benzene rings is 1. The van der Waals surface area contributed by atoms with E-state index in [1.165, 1.54) is 13.0 Å². The molecule has 4 N–H and O–H groups in total. The van der Waals surface area contributed by atoms with E-state index in [1.54, 1.807) is 12.1 Å². The number of halogens is 2. The van der Waals surface area contributed by atoms with E-state index in [2.05, 4.69) is 10.6 Å². The van der Waals surface area contributed by atoms with Gasteiger partial charge in [-0.2, -0.15) is 0 Å². The molecule has 1 atom stereocenters. The Hall–Kier alpha value is -1.79. The Morgan fingerprint density at radius 2 is 1.80 bits per heavy atom. The Labute approximate surface area is 156 Å². The minimum atomic E-state index is -1.04. The van der Waals surface area contributed by atoms with Crippen LogP contribution in [-0.4, -0.2) is 29.3 Å². The van der Waals surface area contributed by atoms with Crippen LogP contribution < -0.4 is 16.4 Å². The van der Waals surface area contributed by atoms with Gasteiger partial charge in [-0.25, -0.2) is 0 Å². The second-order valence-electron chi connectivity index (χ2n) is 6.29. The highest BCUT2D eigenvalue weighted by molar-refractivity contribution is 6.43. The van der Waals surface area contributed by atoms with Crippen molar-refractivity contribution >= 4 is 40.9 Å². The summed E-state index contributed by atoms with van der Waals surface area (Å²) < 4.78 is 0. The fourth-order valence-corrected chi connectivity index (χ4v) is 3.34. The molecule has 1 aromatic carbocycles. The summed E-state index contributed by atoms with van der Waals surface area (Å²) in [7, 11) is 0. The minimum absolute atomic E-state index is 0.121. The van der Waals surface area contributed by atoms with Crippen LogP contribution in [0.3, 0.4) is 0 Å². The van der Waals surface area contributed by atoms with E-state index >= 15 is 0 Å². The maximum atomic E-state index is 12.4. The molecule has 25 heavy (non-hydrogen) atoms. The number of carbonyl (C=O) groups is 3. The first-order valence-electron chi connectivity index (χ1n) is 8.13. The molecule has 136 valence electrons. The van der Waals surface area contributed by atoms with Gasteiger partial charge in [0.05, 0.1) is 15.6 Å². The number of hydrogen-bond donors (Lipinski definition) is 3. The first kappa shape index (κ1) is 19.5. The van der Waals surface area contributed by atoms with Crippen LogP contribution in [0.5, 0.6) is 0 Å². The molecule has 6 nitrogen and oxygen atoms in total. The van der Waals surface area contributed by atoms with Crippen molar-refractivity contribution in [1.29, 1.82) is 0 Å². The van der Waals surface area contributed by atoms with Gasteiger partial charge in [0.2, 0.25) is 11.8 Å². The second kappa shape index (κ2) is 8.06. The number of carbonyl (C=O) groups excluding carboxylic acids is 3. The van der Waals surface area contributed by atoms with Crippen molar-refractivity contribution in [3.8, 4) is 0 Å². The van der Waals surface area contributed by atoms with Gasteiger partial charge in [0.1, 0.15) is 11.6 Å². The van der Waals surface area contributed by atoms with Crippen molar-refractivity contribution in [3.05, 3.63) is 33.8 Å². The summed E-state index contributed by atoms with van der Waals surface area (Å²) in [5, 5.41) is 5.66. The number of primary amides is 1. The smallest absolute Gasteiger partial charge is 0.253 e. The number of rotatable bonds is 5. The Morgan fingerprint density at radius 1 is 1.16 bits per heavy atom. The van der Waals surface area contributed by atoms with E-state index in [0.717, 1.165) is 19.3 Å². The molecule has 0 spiro atoms. The lowest BCUT2D eigenvalue weighted by molar-refractivity contribution is -0.133. The fourth-order valence-electron chi connectivity index (χ4n) is 2.95. The summed E-state index contributed by atoms with van der Waals surface area (Å²) in [4.78, 5) is 36.6. The van der Waals surface area contributed by atoms with E-state index in [4.69, 9.17) is 28.9 Å². The molecule has 0 heterocycles. The average molecular weight is 386 g/mol. The molecular weight excluding hydrogens is 365 g/mol. The van der Waals surface area contributed by atoms with Crippen molar-refractivity contribution in [2.24, 2.45) is 5.73 Å². The molecule has 1 fully saturated rings. The van der Waals surface area contributed by atoms with Gasteiger partial charge in [-0.15, -0.1) is 0 Å². The predicted octanol–water partition coefficient (Wildman–Crippen LogP) is 2.42. The molecule has 1 aliphatic carbocycles. The summed E-state index contributed by atoms with van der Waals surface area (Å²) in [5.41, 5.74) is 4.64. The number of nitrogens with one attached hydrogen (secondary N) is 2. The third-order valence-corrected chi connectivity index (χ3v) is 5.30. The van der Waals surface area contributed by atoms with E-state index in [9.17, 15) is 14.4 Å². The summed E-state index contributed by atoms with van der Waals surface area (Å²) in [6, 6.07) is 3.81. The Morgan fingerprint density at radius 3 is 2.40 bits per heavy atom. The first-order chi connectivity index (χ1) is 11.8. The average Bonchev–Trinajstić information content (AvgIpc) is 2.57. The quantitative estimate of drug-likeness (QED) is 0.724. The van der Waals surface area contributed by atoms with Crippen LogP contribution in [0.15, 0.2) is 18.2 Å². The van der Waals surface area contributed by atoms with Crippen LogP contribution in [0.2, 0.25) is 10.0 Å². The van der Waals surface area contributed by atoms with E-state index < -0.39 is 29.3 Å². The third-order valence-electron chi connectivity index (χ3n) is 4.48. The van der Waals surface area contributed by atoms with Gasteiger partial charge in [-0.05, 0) is 31.9 Å². The molecule has 3 amide bonds. The second-order valence-corrected chi connectivity index (χ2v) is 7.08. The molecule has 0 aromatic heterocycles. The standard InChI is InChI=1S/C17H21Cl2N3O3/c1-10(21-15(24)11-6-5-7-12(18)13(11)19)14(23)22-17(16(20)25)8-3-2-4-9-17/h5-7,10H,2-4,8-9H2,1H3,(H2,20,25)(H,21,24)(H,22,23). The molecular formula is C17H21Cl2N3O3. The lowest BCUT2D eigenvalue weighted by Crippen LogP contribution is -2.61. The largest absolute Gasteiger partial charge is 0.368 e. The normalized spacial score (nSPS) is 17.4. The highest BCUT2D eigenvalue weighted by atomic mass is 35.5. The van der Waals surface area contributed by atoms with Gasteiger partial charge in [-0.1, -0.05) is 48.5 Å². The molecule has 1 aromatic rings. The molecule has 1 unspecified atom stereocenters. The van der Waals surface area contributed by atoms with Crippen LogP contribution >= 0.6 is 23.2 Å². The first-order valence-corrected chi connectivity index (χ1v) is 8.89. The summed E-state index contributed by atoms with van der Waals surface area (Å²) in [6.45, 7) is 1.53. The van der Waals surface area contributed by atoms with Crippen molar-refractivity contribution in [3.63, 3.8) is 0 Å². The molecule has 0 saturated heterocycles. The van der Waals surface area contributed by atoms with Crippen molar-refractivity contribution < 1.29 is 14.4 Å². The monoisotopic (exact) mass is 385 g/mol. The van der Waals surface area contributed by atoms with E-state index in [-0.39, 0.29) is 15.6 Å². The molecule has 2 rings (SSSR count). The molecule has 1 aliphatic rings. The number of nitrogens with two attached hydrogens (primary N) is 1. The Kier molecular flexibility index (Phi) is 6.30. The summed E-state index contributed by atoms with van der Waals surface area (Å²) >= 11 is 11.9. The van der Waals surface area contributed by atoms with Gasteiger partial charge in [0.15, 0.2) is 0 Å². The minimum Gasteiger partial charge on any atom is -0.368 e. The van der Waals surface area contributed by atoms with E-state index in [1.807, 2.05) is 0 Å². The topological polar surface area (TPSA) is 101 Å². The zero-order valence-corrected chi connectivity index (χ0v) is 15.4. The molecule has 0 radical (unpaired) electrons. The van der Waals surface area contributed by atoms with Crippen LogP contribution in [-0.2, 0) is 9.59 Å². The van der Waals surface area contributed by atoms with E-state index in [0.29, 0.717) is 12.8 Å². The molecule has 0 bridgehead atoms. The summed E-state index contributed by atoms with van der Waals surface area (Å²) in [6.07, 6.45) is 3.67. The van der Waals surface area contributed by atoms with Gasteiger partial charge in [0.25, 0.3) is 5.91 Å². The lowest BCUT2D eigenvalue weighted by Gasteiger charge is -2.35. The third kappa shape index (κ3) is 4.44. The van der Waals surface area contributed by atoms with Crippen LogP contribution in [0, 0.1) is 0 Å². The number of hydrogen-bond acceptors (Lipinski definition) is 3. The van der Waals surface area contributed by atoms with Crippen molar-refractivity contribution in [1.82, 2.24) is 10.6 Å². The molecule has 1 saturated carbocycles. The van der Waals surface area contributed by atoms with Gasteiger partial charge >= 0.3 is 0 Å². The summed E-state index contributed by atoms with van der Waals surface area (Å²) in [5.74, 6) is -1.53. The zero-order valence-electron chi connectivity index (χ0n) is 13.9. The van der Waals surface area contributed by atoms with Gasteiger partial charge in [-0.3, -0.25) is 14.4 Å². The fraction of sp³-hybridized carbons (Fsp3) is 0.471. The Bertz CT molecular complexity index is 688. The van der Waals surface area contributed by atoms with Gasteiger partial charge < -0.3 is 16.4 Å². The van der Waals surface area contributed by atoms with Gasteiger partial charge in [0, 0.05) is 0 Å². The SMILES string of the molecule is CC(NC(=O)c1cccc(Cl)c1Cl)C(=O)NC1(C(N)=O)CCCCC1. The van der Waals surface area contributed by atoms with Crippen LogP contribution in [0.1, 0.15) is 49.4 Å². The molecule has 0 aliphatic heterocycles. The molecule has 8 heteroatoms.